The zero-order chi connectivity index (χ0) is 15.1. The van der Waals surface area contributed by atoms with Crippen molar-refractivity contribution >= 4 is 27.8 Å². The summed E-state index contributed by atoms with van der Waals surface area (Å²) in [6.45, 7) is 4.96. The van der Waals surface area contributed by atoms with E-state index in [1.807, 2.05) is 0 Å². The maximum absolute atomic E-state index is 12.5. The standard InChI is InChI=1S/C14H16N2O4S/c1-3-15-12(18)11-8(2)10(7-17)21-13(11)16(14(15)19)6-9-4-5-20-9/h7,9H,3-6H2,1-2H3. The highest BCUT2D eigenvalue weighted by molar-refractivity contribution is 7.20. The SMILES string of the molecule is CCn1c(=O)c2c(C)c(C=O)sc2n(CC2CCO2)c1=O. The van der Waals surface area contributed by atoms with E-state index < -0.39 is 0 Å². The second-order valence-corrected chi connectivity index (χ2v) is 6.14. The summed E-state index contributed by atoms with van der Waals surface area (Å²) in [5, 5.41) is 0.475. The van der Waals surface area contributed by atoms with Crippen LogP contribution in [-0.4, -0.2) is 28.1 Å². The first kappa shape index (κ1) is 14.2. The van der Waals surface area contributed by atoms with Crippen molar-refractivity contribution in [2.75, 3.05) is 6.61 Å². The Morgan fingerprint density at radius 2 is 2.10 bits per heavy atom. The van der Waals surface area contributed by atoms with Gasteiger partial charge in [0, 0.05) is 13.2 Å². The molecule has 0 saturated carbocycles. The predicted octanol–water partition coefficient (Wildman–Crippen LogP) is 1.15. The molecule has 0 amide bonds. The summed E-state index contributed by atoms with van der Waals surface area (Å²) in [6, 6.07) is 0. The summed E-state index contributed by atoms with van der Waals surface area (Å²) in [5.74, 6) is 0. The zero-order valence-electron chi connectivity index (χ0n) is 11.9. The van der Waals surface area contributed by atoms with E-state index in [1.54, 1.807) is 18.4 Å². The number of aldehydes is 1. The molecule has 7 heteroatoms. The molecule has 2 aromatic heterocycles. The Morgan fingerprint density at radius 1 is 1.38 bits per heavy atom. The van der Waals surface area contributed by atoms with Crippen molar-refractivity contribution in [3.63, 3.8) is 0 Å². The molecule has 2 aromatic rings. The molecule has 3 heterocycles. The summed E-state index contributed by atoms with van der Waals surface area (Å²) < 4.78 is 8.19. The summed E-state index contributed by atoms with van der Waals surface area (Å²) in [5.41, 5.74) is 0.00908. The number of fused-ring (bicyclic) bond motifs is 1. The fourth-order valence-corrected chi connectivity index (χ4v) is 3.71. The number of hydrogen-bond donors (Lipinski definition) is 0. The van der Waals surface area contributed by atoms with E-state index in [1.165, 1.54) is 15.9 Å². The first-order valence-electron chi connectivity index (χ1n) is 6.92. The van der Waals surface area contributed by atoms with E-state index >= 15 is 0 Å². The van der Waals surface area contributed by atoms with E-state index in [-0.39, 0.29) is 17.4 Å². The Kier molecular flexibility index (Phi) is 3.54. The molecule has 0 N–H and O–H groups in total. The maximum Gasteiger partial charge on any atom is 0.332 e. The summed E-state index contributed by atoms with van der Waals surface area (Å²) >= 11 is 1.20. The van der Waals surface area contributed by atoms with Crippen LogP contribution in [0, 0.1) is 6.92 Å². The largest absolute Gasteiger partial charge is 0.376 e. The number of nitrogens with zero attached hydrogens (tertiary/aromatic N) is 2. The van der Waals surface area contributed by atoms with Gasteiger partial charge in [0.2, 0.25) is 0 Å². The van der Waals surface area contributed by atoms with Gasteiger partial charge in [0.05, 0.1) is 22.9 Å². The highest BCUT2D eigenvalue weighted by Crippen LogP contribution is 2.27. The second-order valence-electron chi connectivity index (χ2n) is 5.11. The van der Waals surface area contributed by atoms with Crippen LogP contribution >= 0.6 is 11.3 Å². The molecular weight excluding hydrogens is 292 g/mol. The normalized spacial score (nSPS) is 17.9. The van der Waals surface area contributed by atoms with Crippen molar-refractivity contribution in [3.8, 4) is 0 Å². The lowest BCUT2D eigenvalue weighted by molar-refractivity contribution is -0.0593. The molecule has 1 aliphatic rings. The molecule has 1 fully saturated rings. The number of carbonyl (C=O) groups excluding carboxylic acids is 1. The Hall–Kier alpha value is -1.73. The van der Waals surface area contributed by atoms with Gasteiger partial charge in [-0.3, -0.25) is 18.7 Å². The number of ether oxygens (including phenoxy) is 1. The molecule has 1 aliphatic heterocycles. The van der Waals surface area contributed by atoms with E-state index in [4.69, 9.17) is 4.74 Å². The van der Waals surface area contributed by atoms with Crippen LogP contribution in [0.4, 0.5) is 0 Å². The van der Waals surface area contributed by atoms with Gasteiger partial charge in [0.25, 0.3) is 5.56 Å². The highest BCUT2D eigenvalue weighted by Gasteiger charge is 2.24. The zero-order valence-corrected chi connectivity index (χ0v) is 12.7. The van der Waals surface area contributed by atoms with E-state index in [9.17, 15) is 14.4 Å². The number of thiophene rings is 1. The van der Waals surface area contributed by atoms with Crippen LogP contribution < -0.4 is 11.2 Å². The van der Waals surface area contributed by atoms with Gasteiger partial charge in [-0.15, -0.1) is 11.3 Å². The third-order valence-electron chi connectivity index (χ3n) is 3.93. The Bertz CT molecular complexity index is 826. The van der Waals surface area contributed by atoms with Gasteiger partial charge in [-0.25, -0.2) is 4.79 Å². The molecule has 0 bridgehead atoms. The van der Waals surface area contributed by atoms with Crippen LogP contribution in [0.5, 0.6) is 0 Å². The first-order chi connectivity index (χ1) is 10.1. The van der Waals surface area contributed by atoms with E-state index in [0.717, 1.165) is 12.7 Å². The number of carbonyl (C=O) groups is 1. The third kappa shape index (κ3) is 2.08. The monoisotopic (exact) mass is 308 g/mol. The third-order valence-corrected chi connectivity index (χ3v) is 5.17. The average molecular weight is 308 g/mol. The van der Waals surface area contributed by atoms with Crippen LogP contribution in [0.15, 0.2) is 9.59 Å². The van der Waals surface area contributed by atoms with Crippen molar-refractivity contribution < 1.29 is 9.53 Å². The van der Waals surface area contributed by atoms with Crippen molar-refractivity contribution in [3.05, 3.63) is 31.3 Å². The first-order valence-corrected chi connectivity index (χ1v) is 7.73. The van der Waals surface area contributed by atoms with Gasteiger partial charge >= 0.3 is 5.69 Å². The van der Waals surface area contributed by atoms with Gasteiger partial charge in [-0.2, -0.15) is 0 Å². The van der Waals surface area contributed by atoms with E-state index in [0.29, 0.717) is 40.4 Å². The lowest BCUT2D eigenvalue weighted by Gasteiger charge is -2.27. The maximum atomic E-state index is 12.5. The fraction of sp³-hybridized carbons (Fsp3) is 0.500. The average Bonchev–Trinajstić information content (AvgIpc) is 2.74. The van der Waals surface area contributed by atoms with Crippen molar-refractivity contribution in [1.82, 2.24) is 9.13 Å². The number of rotatable bonds is 4. The van der Waals surface area contributed by atoms with Crippen LogP contribution in [-0.2, 0) is 17.8 Å². The number of hydrogen-bond acceptors (Lipinski definition) is 5. The molecule has 1 saturated heterocycles. The van der Waals surface area contributed by atoms with Crippen molar-refractivity contribution in [1.29, 1.82) is 0 Å². The minimum absolute atomic E-state index is 0.01000. The van der Waals surface area contributed by atoms with Gasteiger partial charge in [-0.1, -0.05) is 0 Å². The molecule has 21 heavy (non-hydrogen) atoms. The molecule has 6 nitrogen and oxygen atoms in total. The molecule has 0 spiro atoms. The molecule has 3 rings (SSSR count). The van der Waals surface area contributed by atoms with Crippen molar-refractivity contribution in [2.45, 2.75) is 39.5 Å². The Morgan fingerprint density at radius 3 is 2.62 bits per heavy atom. The molecule has 1 atom stereocenters. The molecule has 0 aliphatic carbocycles. The molecule has 112 valence electrons. The summed E-state index contributed by atoms with van der Waals surface area (Å²) in [7, 11) is 0. The van der Waals surface area contributed by atoms with Gasteiger partial charge in [0.15, 0.2) is 6.29 Å². The Labute approximate surface area is 124 Å². The fourth-order valence-electron chi connectivity index (χ4n) is 2.60. The lowest BCUT2D eigenvalue weighted by Crippen LogP contribution is -2.43. The number of aryl methyl sites for hydroxylation is 1. The quantitative estimate of drug-likeness (QED) is 0.795. The minimum Gasteiger partial charge on any atom is -0.376 e. The summed E-state index contributed by atoms with van der Waals surface area (Å²) in [6.07, 6.45) is 1.66. The molecule has 1 unspecified atom stereocenters. The lowest BCUT2D eigenvalue weighted by atomic mass is 10.2. The second kappa shape index (κ2) is 5.23. The van der Waals surface area contributed by atoms with E-state index in [2.05, 4.69) is 0 Å². The highest BCUT2D eigenvalue weighted by atomic mass is 32.1. The Balaban J connectivity index is 2.35. The number of aromatic nitrogens is 2. The smallest absolute Gasteiger partial charge is 0.332 e. The van der Waals surface area contributed by atoms with Crippen LogP contribution in [0.3, 0.4) is 0 Å². The molecule has 0 aromatic carbocycles. The van der Waals surface area contributed by atoms with Gasteiger partial charge < -0.3 is 4.74 Å². The van der Waals surface area contributed by atoms with Gasteiger partial charge in [-0.05, 0) is 25.8 Å². The molecule has 0 radical (unpaired) electrons. The topological polar surface area (TPSA) is 70.3 Å². The van der Waals surface area contributed by atoms with Crippen molar-refractivity contribution in [2.24, 2.45) is 0 Å². The van der Waals surface area contributed by atoms with Gasteiger partial charge in [0.1, 0.15) is 4.83 Å². The predicted molar refractivity (Wildman–Crippen MR) is 80.5 cm³/mol. The minimum atomic E-state index is -0.329. The molecular formula is C14H16N2O4S. The van der Waals surface area contributed by atoms with Crippen LogP contribution in [0.1, 0.15) is 28.6 Å². The van der Waals surface area contributed by atoms with Crippen LogP contribution in [0.25, 0.3) is 10.2 Å². The van der Waals surface area contributed by atoms with Crippen LogP contribution in [0.2, 0.25) is 0 Å². The summed E-state index contributed by atoms with van der Waals surface area (Å²) in [4.78, 5) is 37.2.